The molecule has 13 heteroatoms. The Morgan fingerprint density at radius 3 is 1.66 bits per heavy atom. The quantitative estimate of drug-likeness (QED) is 0.0207. The minimum absolute atomic E-state index is 0.0794. The number of likely N-dealkylation sites (N-methyl/N-ethyl adjacent to an activating group) is 2. The van der Waals surface area contributed by atoms with Crippen molar-refractivity contribution < 1.29 is 52.3 Å². The summed E-state index contributed by atoms with van der Waals surface area (Å²) in [6.07, 6.45) is 23.1. The molecule has 0 saturated carbocycles. The van der Waals surface area contributed by atoms with E-state index in [0.29, 0.717) is 60.9 Å². The Kier molecular flexibility index (Phi) is 33.0. The summed E-state index contributed by atoms with van der Waals surface area (Å²) in [4.78, 5) is 59.1. The van der Waals surface area contributed by atoms with Gasteiger partial charge in [0.25, 0.3) is 0 Å². The van der Waals surface area contributed by atoms with E-state index in [1.54, 1.807) is 0 Å². The van der Waals surface area contributed by atoms with Gasteiger partial charge < -0.3 is 38.9 Å². The van der Waals surface area contributed by atoms with Crippen molar-refractivity contribution in [2.45, 2.75) is 168 Å². The zero-order valence-corrected chi connectivity index (χ0v) is 37.9. The van der Waals surface area contributed by atoms with Crippen LogP contribution in [0.2, 0.25) is 0 Å². The first-order valence-corrected chi connectivity index (χ1v) is 22.5. The molecule has 0 aromatic heterocycles. The molecule has 0 radical (unpaired) electrons. The number of allylic oxidation sites excluding steroid dienone is 1. The molecule has 0 rings (SSSR count). The van der Waals surface area contributed by atoms with E-state index >= 15 is 0 Å². The molecule has 0 heterocycles. The topological polar surface area (TPSA) is 157 Å². The summed E-state index contributed by atoms with van der Waals surface area (Å²) in [6.45, 7) is 9.00. The number of nitrogens with zero attached hydrogens (tertiary/aromatic N) is 2. The molecule has 58 heavy (non-hydrogen) atoms. The van der Waals surface area contributed by atoms with E-state index in [-0.39, 0.29) is 42.9 Å². The van der Waals surface area contributed by atoms with E-state index in [2.05, 4.69) is 23.6 Å². The molecule has 338 valence electrons. The first-order chi connectivity index (χ1) is 27.6. The monoisotopic (exact) mass is 827 g/mol. The average molecular weight is 827 g/mol. The maximum absolute atomic E-state index is 12.7. The van der Waals surface area contributed by atoms with Crippen LogP contribution in [-0.2, 0) is 38.2 Å². The summed E-state index contributed by atoms with van der Waals surface area (Å²) in [5.74, 6) is -0.745. The van der Waals surface area contributed by atoms with Crippen LogP contribution in [-0.4, -0.2) is 137 Å². The zero-order valence-electron chi connectivity index (χ0n) is 37.9. The maximum Gasteiger partial charge on any atom is 0.362 e. The van der Waals surface area contributed by atoms with Crippen molar-refractivity contribution in [3.05, 3.63) is 12.2 Å². The van der Waals surface area contributed by atoms with Crippen molar-refractivity contribution >= 4 is 29.7 Å². The molecule has 3 N–H and O–H groups in total. The highest BCUT2D eigenvalue weighted by atomic mass is 16.6. The lowest BCUT2D eigenvalue weighted by atomic mass is 10.0. The fourth-order valence-corrected chi connectivity index (χ4v) is 6.48. The van der Waals surface area contributed by atoms with Crippen LogP contribution >= 0.6 is 0 Å². The lowest BCUT2D eigenvalue weighted by Gasteiger charge is -2.30. The molecule has 0 aromatic rings. The van der Waals surface area contributed by atoms with Crippen LogP contribution in [0.3, 0.4) is 0 Å². The molecular formula is C45H86N4O9+2. The number of carbonyl (C=O) groups is 5. The van der Waals surface area contributed by atoms with Gasteiger partial charge in [-0.05, 0) is 51.4 Å². The predicted molar refractivity (Wildman–Crippen MR) is 231 cm³/mol. The molecule has 2 amide bonds. The SMILES string of the molecule is CCCCCC(OC(=O)C[N+](C)(C)CCOC(C)=O)C(O)C/C=C\CCCCCCCC(=O)NCCCCCCCCCCNC(=O)CC[N+](C)(C)CCOC(C)=O. The van der Waals surface area contributed by atoms with Crippen molar-refractivity contribution in [2.75, 3.05) is 80.7 Å². The second-order valence-electron chi connectivity index (χ2n) is 17.3. The van der Waals surface area contributed by atoms with Gasteiger partial charge in [-0.25, -0.2) is 4.79 Å². The first kappa shape index (κ1) is 55.0. The Balaban J connectivity index is 3.87. The zero-order chi connectivity index (χ0) is 43.5. The van der Waals surface area contributed by atoms with Crippen LogP contribution in [0, 0.1) is 0 Å². The second kappa shape index (κ2) is 34.8. The molecule has 0 fully saturated rings. The molecule has 0 spiro atoms. The Bertz CT molecular complexity index is 1150. The van der Waals surface area contributed by atoms with Crippen LogP contribution in [0.15, 0.2) is 12.2 Å². The number of quaternary nitrogens is 2. The van der Waals surface area contributed by atoms with Gasteiger partial charge in [-0.2, -0.15) is 0 Å². The summed E-state index contributed by atoms with van der Waals surface area (Å²) in [6, 6.07) is 0. The summed E-state index contributed by atoms with van der Waals surface area (Å²) in [5.41, 5.74) is 0. The number of ether oxygens (including phenoxy) is 3. The highest BCUT2D eigenvalue weighted by Crippen LogP contribution is 2.16. The number of unbranched alkanes of at least 4 members (excludes halogenated alkanes) is 14. The van der Waals surface area contributed by atoms with Gasteiger partial charge in [0.2, 0.25) is 11.8 Å². The van der Waals surface area contributed by atoms with Crippen LogP contribution in [0.4, 0.5) is 0 Å². The average Bonchev–Trinajstić information content (AvgIpc) is 3.14. The number of hydrogen-bond acceptors (Lipinski definition) is 9. The third kappa shape index (κ3) is 36.1. The number of rotatable bonds is 38. The molecule has 2 unspecified atom stereocenters. The normalized spacial score (nSPS) is 12.9. The molecule has 0 aromatic carbocycles. The number of aliphatic hydroxyl groups excluding tert-OH is 1. The molecule has 0 aliphatic rings. The Labute approximate surface area is 352 Å². The first-order valence-electron chi connectivity index (χ1n) is 22.5. The third-order valence-electron chi connectivity index (χ3n) is 10.4. The number of nitrogens with one attached hydrogen (secondary N) is 2. The van der Waals surface area contributed by atoms with E-state index in [9.17, 15) is 29.1 Å². The molecule has 0 aliphatic carbocycles. The van der Waals surface area contributed by atoms with E-state index in [0.717, 1.165) is 96.6 Å². The number of carbonyl (C=O) groups excluding carboxylic acids is 5. The van der Waals surface area contributed by atoms with Gasteiger partial charge in [0.05, 0.1) is 47.3 Å². The lowest BCUT2D eigenvalue weighted by molar-refractivity contribution is -0.889. The van der Waals surface area contributed by atoms with Gasteiger partial charge in [0.1, 0.15) is 32.4 Å². The number of amides is 2. The Morgan fingerprint density at radius 2 is 1.10 bits per heavy atom. The maximum atomic E-state index is 12.7. The summed E-state index contributed by atoms with van der Waals surface area (Å²) in [7, 11) is 7.85. The second-order valence-corrected chi connectivity index (χ2v) is 17.3. The summed E-state index contributed by atoms with van der Waals surface area (Å²) in [5, 5.41) is 17.0. The van der Waals surface area contributed by atoms with Crippen molar-refractivity contribution in [3.63, 3.8) is 0 Å². The van der Waals surface area contributed by atoms with E-state index < -0.39 is 12.2 Å². The fraction of sp³-hybridized carbons (Fsp3) is 0.844. The number of aliphatic hydroxyl groups is 1. The summed E-state index contributed by atoms with van der Waals surface area (Å²) >= 11 is 0. The van der Waals surface area contributed by atoms with Gasteiger partial charge in [0, 0.05) is 33.4 Å². The Morgan fingerprint density at radius 1 is 0.603 bits per heavy atom. The predicted octanol–water partition coefficient (Wildman–Crippen LogP) is 6.54. The van der Waals surface area contributed by atoms with Crippen LogP contribution < -0.4 is 10.6 Å². The van der Waals surface area contributed by atoms with Crippen LogP contribution in [0.5, 0.6) is 0 Å². The highest BCUT2D eigenvalue weighted by Gasteiger charge is 2.27. The van der Waals surface area contributed by atoms with Crippen LogP contribution in [0.25, 0.3) is 0 Å². The molecule has 0 bridgehead atoms. The van der Waals surface area contributed by atoms with E-state index in [4.69, 9.17) is 14.2 Å². The highest BCUT2D eigenvalue weighted by molar-refractivity contribution is 5.76. The minimum Gasteiger partial charge on any atom is -0.460 e. The molecule has 13 nitrogen and oxygen atoms in total. The van der Waals surface area contributed by atoms with E-state index in [1.807, 2.05) is 34.3 Å². The van der Waals surface area contributed by atoms with Crippen molar-refractivity contribution in [3.8, 4) is 0 Å². The van der Waals surface area contributed by atoms with Gasteiger partial charge in [-0.1, -0.05) is 89.7 Å². The van der Waals surface area contributed by atoms with E-state index in [1.165, 1.54) is 39.5 Å². The lowest BCUT2D eigenvalue weighted by Crippen LogP contribution is -2.47. The number of hydrogen-bond donors (Lipinski definition) is 3. The van der Waals surface area contributed by atoms with Crippen LogP contribution in [0.1, 0.15) is 156 Å². The molecule has 2 atom stereocenters. The standard InChI is InChI=1S/C45H84N4O9/c1-8-9-22-28-42(58-45(55)38-49(6,7)35-37-57-40(3)51)41(52)27-23-18-14-10-11-15-19-24-29-43(53)46-31-25-20-16-12-13-17-21-26-32-47-44(54)30-33-48(4,5)34-36-56-39(2)50/h18,23,41-42,52H,8-17,19-22,24-38H2,1-7H3/p+2/b23-18-. The molecular weight excluding hydrogens is 741 g/mol. The Hall–Kier alpha value is -3.03. The van der Waals surface area contributed by atoms with Gasteiger partial charge in [-0.3, -0.25) is 19.2 Å². The number of esters is 3. The third-order valence-corrected chi connectivity index (χ3v) is 10.4. The molecule has 0 aliphatic heterocycles. The van der Waals surface area contributed by atoms with Crippen molar-refractivity contribution in [1.29, 1.82) is 0 Å². The van der Waals surface area contributed by atoms with Gasteiger partial charge >= 0.3 is 17.9 Å². The fourth-order valence-electron chi connectivity index (χ4n) is 6.48. The van der Waals surface area contributed by atoms with Crippen molar-refractivity contribution in [2.24, 2.45) is 0 Å². The minimum atomic E-state index is -0.752. The van der Waals surface area contributed by atoms with Crippen molar-refractivity contribution in [1.82, 2.24) is 10.6 Å². The van der Waals surface area contributed by atoms with Gasteiger partial charge in [-0.15, -0.1) is 0 Å². The van der Waals surface area contributed by atoms with Gasteiger partial charge in [0.15, 0.2) is 6.54 Å². The summed E-state index contributed by atoms with van der Waals surface area (Å²) < 4.78 is 16.8. The largest absolute Gasteiger partial charge is 0.460 e. The smallest absolute Gasteiger partial charge is 0.362 e. The molecule has 0 saturated heterocycles.